The van der Waals surface area contributed by atoms with Crippen LogP contribution in [0.5, 0.6) is 0 Å². The van der Waals surface area contributed by atoms with Crippen molar-refractivity contribution >= 4 is 54.7 Å². The monoisotopic (exact) mass is 468 g/mol. The van der Waals surface area contributed by atoms with Gasteiger partial charge in [0, 0.05) is 0 Å². The fourth-order valence-electron chi connectivity index (χ4n) is 6.35. The Labute approximate surface area is 215 Å². The number of hydrogen-bond acceptors (Lipinski definition) is 0. The minimum atomic E-state index is 0.973. The van der Waals surface area contributed by atoms with Crippen molar-refractivity contribution in [3.63, 3.8) is 0 Å². The summed E-state index contributed by atoms with van der Waals surface area (Å²) in [5.41, 5.74) is 5.26. The van der Waals surface area contributed by atoms with E-state index < -0.39 is 0 Å². The third-order valence-electron chi connectivity index (χ3n) is 8.08. The number of benzene rings is 7. The molecule has 0 spiro atoms. The predicted molar refractivity (Wildman–Crippen MR) is 159 cm³/mol. The van der Waals surface area contributed by atoms with Gasteiger partial charge in [-0.2, -0.15) is 0 Å². The third-order valence-corrected chi connectivity index (χ3v) is 8.08. The largest absolute Gasteiger partial charge is 0.0722 e. The lowest BCUT2D eigenvalue weighted by atomic mass is 9.91. The zero-order valence-corrected chi connectivity index (χ0v) is 20.4. The Hall–Kier alpha value is -4.68. The first-order valence-corrected chi connectivity index (χ1v) is 13.0. The predicted octanol–water partition coefficient (Wildman–Crippen LogP) is 8.35. The van der Waals surface area contributed by atoms with Crippen molar-refractivity contribution in [1.29, 1.82) is 0 Å². The van der Waals surface area contributed by atoms with Gasteiger partial charge in [-0.15, -0.1) is 0 Å². The van der Waals surface area contributed by atoms with Gasteiger partial charge in [0.05, 0.1) is 0 Å². The smallest absolute Gasteiger partial charge is 0.00673 e. The molecule has 37 heavy (non-hydrogen) atoms. The fourth-order valence-corrected chi connectivity index (χ4v) is 6.35. The number of rotatable bonds is 2. The second-order valence-corrected chi connectivity index (χ2v) is 10.1. The molecule has 0 heterocycles. The third kappa shape index (κ3) is 3.09. The maximum atomic E-state index is 2.39. The standard InChI is InChI=1S/C37H24/c1-2-11-29-24(8-1)16-17-25-18-20-30(37(25)29)28-10-7-9-26(22-28)27-19-21-35-33-14-4-3-12-31(33)32-13-5-6-15-34(32)36(35)23-27/h1-19,21-23H,20H2. The lowest BCUT2D eigenvalue weighted by Gasteiger charge is -2.13. The molecule has 0 amide bonds. The maximum Gasteiger partial charge on any atom is -0.00673 e. The maximum absolute atomic E-state index is 2.39. The average molecular weight is 469 g/mol. The van der Waals surface area contributed by atoms with E-state index in [-0.39, 0.29) is 0 Å². The first kappa shape index (κ1) is 20.5. The van der Waals surface area contributed by atoms with E-state index in [1.54, 1.807) is 0 Å². The minimum Gasteiger partial charge on any atom is -0.0722 e. The van der Waals surface area contributed by atoms with Crippen molar-refractivity contribution in [2.24, 2.45) is 0 Å². The quantitative estimate of drug-likeness (QED) is 0.224. The van der Waals surface area contributed by atoms with Gasteiger partial charge in [0.25, 0.3) is 0 Å². The Morgan fingerprint density at radius 1 is 0.378 bits per heavy atom. The summed E-state index contributed by atoms with van der Waals surface area (Å²) in [6.45, 7) is 0. The highest BCUT2D eigenvalue weighted by Gasteiger charge is 2.13. The van der Waals surface area contributed by atoms with E-state index >= 15 is 0 Å². The Morgan fingerprint density at radius 2 is 0.973 bits per heavy atom. The molecule has 0 aliphatic heterocycles. The summed E-state index contributed by atoms with van der Waals surface area (Å²) in [4.78, 5) is 0. The molecule has 0 saturated heterocycles. The Balaban J connectivity index is 1.36. The Kier molecular flexibility index (Phi) is 4.39. The van der Waals surface area contributed by atoms with Gasteiger partial charge in [-0.25, -0.2) is 0 Å². The first-order valence-electron chi connectivity index (χ1n) is 13.0. The van der Waals surface area contributed by atoms with Crippen molar-refractivity contribution in [2.45, 2.75) is 6.42 Å². The van der Waals surface area contributed by atoms with Crippen LogP contribution >= 0.6 is 0 Å². The van der Waals surface area contributed by atoms with Crippen LogP contribution in [0.2, 0.25) is 0 Å². The van der Waals surface area contributed by atoms with Crippen molar-refractivity contribution in [2.75, 3.05) is 0 Å². The molecule has 0 N–H and O–H groups in total. The molecule has 0 heteroatoms. The molecular weight excluding hydrogens is 444 g/mol. The van der Waals surface area contributed by atoms with Gasteiger partial charge in [-0.3, -0.25) is 0 Å². The molecule has 7 aromatic carbocycles. The molecule has 0 saturated carbocycles. The van der Waals surface area contributed by atoms with Crippen LogP contribution in [-0.2, 0) is 0 Å². The van der Waals surface area contributed by atoms with Crippen molar-refractivity contribution < 1.29 is 0 Å². The molecule has 8 rings (SSSR count). The molecule has 1 aliphatic carbocycles. The van der Waals surface area contributed by atoms with E-state index in [0.29, 0.717) is 0 Å². The van der Waals surface area contributed by atoms with E-state index in [9.17, 15) is 0 Å². The number of hydrogen-bond donors (Lipinski definition) is 0. The second kappa shape index (κ2) is 7.91. The molecule has 0 radical (unpaired) electrons. The van der Waals surface area contributed by atoms with Crippen molar-refractivity contribution in [3.05, 3.63) is 143 Å². The van der Waals surface area contributed by atoms with Crippen LogP contribution in [0.15, 0.2) is 127 Å². The SMILES string of the molecule is C1=c2ccc3ccccc3c2=C(c2cccc(-c3ccc4c5ccccc5c5ccccc5c4c3)c2)C1. The van der Waals surface area contributed by atoms with E-state index in [1.807, 2.05) is 0 Å². The van der Waals surface area contributed by atoms with Gasteiger partial charge >= 0.3 is 0 Å². The molecule has 0 fully saturated rings. The van der Waals surface area contributed by atoms with Gasteiger partial charge in [0.2, 0.25) is 0 Å². The first-order chi connectivity index (χ1) is 18.3. The molecule has 172 valence electrons. The lowest BCUT2D eigenvalue weighted by molar-refractivity contribution is 1.47. The molecule has 0 aromatic heterocycles. The summed E-state index contributed by atoms with van der Waals surface area (Å²) in [5, 5.41) is 13.3. The highest BCUT2D eigenvalue weighted by molar-refractivity contribution is 6.25. The van der Waals surface area contributed by atoms with Crippen molar-refractivity contribution in [1.82, 2.24) is 0 Å². The molecule has 0 unspecified atom stereocenters. The van der Waals surface area contributed by atoms with Gasteiger partial charge < -0.3 is 0 Å². The number of fused-ring (bicyclic) bond motifs is 9. The molecular formula is C37H24. The highest BCUT2D eigenvalue weighted by Crippen LogP contribution is 2.37. The molecule has 7 aromatic rings. The molecule has 1 aliphatic rings. The second-order valence-electron chi connectivity index (χ2n) is 10.1. The Morgan fingerprint density at radius 3 is 1.73 bits per heavy atom. The van der Waals surface area contributed by atoms with Crippen LogP contribution in [0.4, 0.5) is 0 Å². The van der Waals surface area contributed by atoms with E-state index in [0.717, 1.165) is 6.42 Å². The molecule has 0 bridgehead atoms. The van der Waals surface area contributed by atoms with Crippen LogP contribution in [0.1, 0.15) is 12.0 Å². The van der Waals surface area contributed by atoms with Crippen LogP contribution in [0, 0.1) is 0 Å². The average Bonchev–Trinajstić information content (AvgIpc) is 3.42. The lowest BCUT2D eigenvalue weighted by Crippen LogP contribution is -2.23. The zero-order valence-electron chi connectivity index (χ0n) is 20.4. The highest BCUT2D eigenvalue weighted by atomic mass is 14.2. The van der Waals surface area contributed by atoms with Gasteiger partial charge in [0.1, 0.15) is 0 Å². The summed E-state index contributed by atoms with van der Waals surface area (Å²) >= 11 is 0. The fraction of sp³-hybridized carbons (Fsp3) is 0.0270. The van der Waals surface area contributed by atoms with Crippen LogP contribution in [0.3, 0.4) is 0 Å². The van der Waals surface area contributed by atoms with Gasteiger partial charge in [0.15, 0.2) is 0 Å². The van der Waals surface area contributed by atoms with E-state index in [1.165, 1.54) is 75.8 Å². The summed E-state index contributed by atoms with van der Waals surface area (Å²) in [6.07, 6.45) is 3.35. The van der Waals surface area contributed by atoms with Crippen LogP contribution < -0.4 is 10.4 Å². The van der Waals surface area contributed by atoms with Gasteiger partial charge in [-0.1, -0.05) is 121 Å². The minimum absolute atomic E-state index is 0.973. The van der Waals surface area contributed by atoms with Crippen LogP contribution in [-0.4, -0.2) is 0 Å². The summed E-state index contributed by atoms with van der Waals surface area (Å²) in [5.74, 6) is 0. The van der Waals surface area contributed by atoms with Gasteiger partial charge in [-0.05, 0) is 94.3 Å². The van der Waals surface area contributed by atoms with E-state index in [2.05, 4.69) is 133 Å². The van der Waals surface area contributed by atoms with Crippen molar-refractivity contribution in [3.8, 4) is 11.1 Å². The summed E-state index contributed by atoms with van der Waals surface area (Å²) in [6, 6.07) is 46.9. The summed E-state index contributed by atoms with van der Waals surface area (Å²) < 4.78 is 0. The van der Waals surface area contributed by atoms with Crippen LogP contribution in [0.25, 0.3) is 65.9 Å². The summed E-state index contributed by atoms with van der Waals surface area (Å²) in [7, 11) is 0. The van der Waals surface area contributed by atoms with E-state index in [4.69, 9.17) is 0 Å². The normalized spacial score (nSPS) is 12.9. The molecule has 0 atom stereocenters. The molecule has 0 nitrogen and oxygen atoms in total. The topological polar surface area (TPSA) is 0 Å². The zero-order chi connectivity index (χ0) is 24.3. The Bertz CT molecular complexity index is 2130.